The minimum Gasteiger partial charge on any atom is -0.103 e. The smallest absolute Gasteiger partial charge is 0.103 e. The largest absolute Gasteiger partial charge is 0.112 e. The van der Waals surface area contributed by atoms with Crippen LogP contribution in [-0.4, -0.2) is 6.16 Å². The topological polar surface area (TPSA) is 0 Å². The monoisotopic (exact) mass is 345 g/mol. The maximum Gasteiger partial charge on any atom is 0.112 e. The van der Waals surface area contributed by atoms with Crippen molar-refractivity contribution in [2.24, 2.45) is 5.92 Å². The SMILES string of the molecule is C=CC(C)CC[P+](c1ccccc1)(c1ccccc1)c1ccccc1. The molecule has 0 aliphatic rings. The first-order valence-corrected chi connectivity index (χ1v) is 10.9. The second-order valence-electron chi connectivity index (χ2n) is 6.54. The fraction of sp³-hybridized carbons (Fsp3) is 0.167. The molecule has 0 amide bonds. The molecule has 0 heterocycles. The summed E-state index contributed by atoms with van der Waals surface area (Å²) in [7, 11) is -1.67. The predicted octanol–water partition coefficient (Wildman–Crippen LogP) is 5.19. The van der Waals surface area contributed by atoms with Crippen molar-refractivity contribution in [2.45, 2.75) is 13.3 Å². The summed E-state index contributed by atoms with van der Waals surface area (Å²) < 4.78 is 0. The summed E-state index contributed by atoms with van der Waals surface area (Å²) in [6.07, 6.45) is 4.39. The first kappa shape index (κ1) is 17.6. The van der Waals surface area contributed by atoms with Gasteiger partial charge in [-0.3, -0.25) is 0 Å². The number of allylic oxidation sites excluding steroid dienone is 1. The molecule has 1 atom stereocenters. The Hall–Kier alpha value is -2.17. The Bertz CT molecular complexity index is 681. The van der Waals surface area contributed by atoms with Gasteiger partial charge in [0.25, 0.3) is 0 Å². The van der Waals surface area contributed by atoms with E-state index in [-0.39, 0.29) is 0 Å². The normalized spacial score (nSPS) is 12.5. The van der Waals surface area contributed by atoms with E-state index < -0.39 is 7.26 Å². The van der Waals surface area contributed by atoms with Crippen LogP contribution in [0.15, 0.2) is 104 Å². The highest BCUT2D eigenvalue weighted by Gasteiger charge is 2.44. The summed E-state index contributed by atoms with van der Waals surface area (Å²) in [5.74, 6) is 0.524. The van der Waals surface area contributed by atoms with Gasteiger partial charge in [0.05, 0.1) is 6.16 Å². The van der Waals surface area contributed by atoms with Gasteiger partial charge in [-0.05, 0) is 48.7 Å². The molecule has 3 aromatic rings. The third-order valence-electron chi connectivity index (χ3n) is 4.91. The van der Waals surface area contributed by atoms with Crippen LogP contribution in [0.2, 0.25) is 0 Å². The molecular formula is C24H26P+. The van der Waals surface area contributed by atoms with Crippen LogP contribution < -0.4 is 15.9 Å². The average molecular weight is 345 g/mol. The molecule has 0 aliphatic heterocycles. The number of hydrogen-bond donors (Lipinski definition) is 0. The van der Waals surface area contributed by atoms with Gasteiger partial charge in [0, 0.05) is 0 Å². The molecule has 0 aliphatic carbocycles. The van der Waals surface area contributed by atoms with Crippen molar-refractivity contribution in [3.8, 4) is 0 Å². The highest BCUT2D eigenvalue weighted by Crippen LogP contribution is 2.56. The molecule has 126 valence electrons. The summed E-state index contributed by atoms with van der Waals surface area (Å²) in [6, 6.07) is 33.2. The van der Waals surface area contributed by atoms with Crippen molar-refractivity contribution in [1.29, 1.82) is 0 Å². The van der Waals surface area contributed by atoms with E-state index in [1.165, 1.54) is 15.9 Å². The Morgan fingerprint density at radius 2 is 1.08 bits per heavy atom. The fourth-order valence-corrected chi connectivity index (χ4v) is 7.90. The first-order valence-electron chi connectivity index (χ1n) is 8.95. The van der Waals surface area contributed by atoms with E-state index >= 15 is 0 Å². The zero-order valence-corrected chi connectivity index (χ0v) is 15.8. The van der Waals surface area contributed by atoms with Crippen molar-refractivity contribution in [3.05, 3.63) is 104 Å². The van der Waals surface area contributed by atoms with Gasteiger partial charge in [0.2, 0.25) is 0 Å². The Morgan fingerprint density at radius 1 is 0.720 bits per heavy atom. The highest BCUT2D eigenvalue weighted by molar-refractivity contribution is 7.95. The third-order valence-corrected chi connectivity index (χ3v) is 9.38. The molecule has 0 saturated heterocycles. The summed E-state index contributed by atoms with van der Waals surface area (Å²) in [5, 5.41) is 4.39. The van der Waals surface area contributed by atoms with Crippen LogP contribution in [-0.2, 0) is 0 Å². The van der Waals surface area contributed by atoms with Crippen molar-refractivity contribution < 1.29 is 0 Å². The average Bonchev–Trinajstić information content (AvgIpc) is 2.71. The van der Waals surface area contributed by atoms with Crippen LogP contribution in [0.5, 0.6) is 0 Å². The lowest BCUT2D eigenvalue weighted by molar-refractivity contribution is 0.705. The van der Waals surface area contributed by atoms with E-state index in [2.05, 4.69) is 111 Å². The lowest BCUT2D eigenvalue weighted by Crippen LogP contribution is -2.33. The Balaban J connectivity index is 2.22. The molecule has 0 nitrogen and oxygen atoms in total. The first-order chi connectivity index (χ1) is 12.3. The second-order valence-corrected chi connectivity index (χ2v) is 10.2. The number of hydrogen-bond acceptors (Lipinski definition) is 0. The molecule has 0 bridgehead atoms. The van der Waals surface area contributed by atoms with Crippen LogP contribution in [0.3, 0.4) is 0 Å². The molecule has 0 spiro atoms. The quantitative estimate of drug-likeness (QED) is 0.408. The molecule has 0 aromatic heterocycles. The zero-order chi connectivity index (χ0) is 17.5. The molecule has 1 heteroatoms. The van der Waals surface area contributed by atoms with Crippen LogP contribution in [0.4, 0.5) is 0 Å². The van der Waals surface area contributed by atoms with Crippen LogP contribution >= 0.6 is 7.26 Å². The maximum absolute atomic E-state index is 3.99. The molecule has 0 N–H and O–H groups in total. The van der Waals surface area contributed by atoms with Crippen molar-refractivity contribution >= 4 is 23.2 Å². The summed E-state index contributed by atoms with van der Waals surface area (Å²) in [4.78, 5) is 0. The second kappa shape index (κ2) is 8.28. The van der Waals surface area contributed by atoms with Crippen LogP contribution in [0.25, 0.3) is 0 Å². The highest BCUT2D eigenvalue weighted by atomic mass is 31.2. The Kier molecular flexibility index (Phi) is 5.84. The van der Waals surface area contributed by atoms with E-state index in [4.69, 9.17) is 0 Å². The van der Waals surface area contributed by atoms with Crippen molar-refractivity contribution in [1.82, 2.24) is 0 Å². The molecule has 0 saturated carbocycles. The maximum atomic E-state index is 3.99. The zero-order valence-electron chi connectivity index (χ0n) is 14.9. The lowest BCUT2D eigenvalue weighted by Gasteiger charge is -2.28. The van der Waals surface area contributed by atoms with Gasteiger partial charge >= 0.3 is 0 Å². The molecule has 25 heavy (non-hydrogen) atoms. The summed E-state index contributed by atoms with van der Waals surface area (Å²) in [5.41, 5.74) is 0. The standard InChI is InChI=1S/C24H26P/c1-3-21(2)19-20-25(22-13-7-4-8-14-22,23-15-9-5-10-16-23)24-17-11-6-12-18-24/h3-18,21H,1,19-20H2,2H3/q+1. The number of benzene rings is 3. The molecule has 0 fully saturated rings. The molecule has 1 unspecified atom stereocenters. The van der Waals surface area contributed by atoms with E-state index in [1.807, 2.05) is 0 Å². The predicted molar refractivity (Wildman–Crippen MR) is 114 cm³/mol. The minimum absolute atomic E-state index is 0.524. The summed E-state index contributed by atoms with van der Waals surface area (Å²) >= 11 is 0. The van der Waals surface area contributed by atoms with E-state index in [0.29, 0.717) is 5.92 Å². The van der Waals surface area contributed by atoms with Gasteiger partial charge in [-0.25, -0.2) is 0 Å². The van der Waals surface area contributed by atoms with Gasteiger partial charge < -0.3 is 0 Å². The van der Waals surface area contributed by atoms with E-state index in [0.717, 1.165) is 12.6 Å². The lowest BCUT2D eigenvalue weighted by atomic mass is 10.1. The fourth-order valence-electron chi connectivity index (χ4n) is 3.40. The van der Waals surface area contributed by atoms with Gasteiger partial charge in [-0.15, -0.1) is 6.58 Å². The molecule has 3 rings (SSSR count). The molecule has 3 aromatic carbocycles. The van der Waals surface area contributed by atoms with Crippen molar-refractivity contribution in [3.63, 3.8) is 0 Å². The van der Waals surface area contributed by atoms with E-state index in [9.17, 15) is 0 Å². The number of rotatable bonds is 7. The van der Waals surface area contributed by atoms with Gasteiger partial charge in [-0.1, -0.05) is 67.6 Å². The van der Waals surface area contributed by atoms with E-state index in [1.54, 1.807) is 0 Å². The Labute approximate surface area is 152 Å². The van der Waals surface area contributed by atoms with Crippen molar-refractivity contribution in [2.75, 3.05) is 6.16 Å². The molecular weight excluding hydrogens is 319 g/mol. The van der Waals surface area contributed by atoms with Crippen LogP contribution in [0, 0.1) is 5.92 Å². The van der Waals surface area contributed by atoms with Gasteiger partial charge in [0.1, 0.15) is 23.2 Å². The Morgan fingerprint density at radius 3 is 1.40 bits per heavy atom. The van der Waals surface area contributed by atoms with Gasteiger partial charge in [0.15, 0.2) is 0 Å². The molecule has 0 radical (unpaired) electrons. The third kappa shape index (κ3) is 3.75. The minimum atomic E-state index is -1.67. The van der Waals surface area contributed by atoms with Crippen LogP contribution in [0.1, 0.15) is 13.3 Å². The summed E-state index contributed by atoms with van der Waals surface area (Å²) in [6.45, 7) is 6.26. The van der Waals surface area contributed by atoms with Gasteiger partial charge in [-0.2, -0.15) is 0 Å².